The van der Waals surface area contributed by atoms with Crippen molar-refractivity contribution in [3.63, 3.8) is 0 Å². The van der Waals surface area contributed by atoms with E-state index in [2.05, 4.69) is 22.1 Å². The van der Waals surface area contributed by atoms with E-state index in [1.54, 1.807) is 42.8 Å². The van der Waals surface area contributed by atoms with Crippen molar-refractivity contribution in [1.29, 1.82) is 0 Å². The molecule has 2 rings (SSSR count). The van der Waals surface area contributed by atoms with Crippen molar-refractivity contribution in [2.75, 3.05) is 15.8 Å². The molecule has 1 amide bonds. The van der Waals surface area contributed by atoms with Gasteiger partial charge in [0.1, 0.15) is 5.15 Å². The summed E-state index contributed by atoms with van der Waals surface area (Å²) in [5, 5.41) is 7.72. The van der Waals surface area contributed by atoms with Crippen LogP contribution in [0.2, 0.25) is 5.15 Å². The topological polar surface area (TPSA) is 93.1 Å². The van der Waals surface area contributed by atoms with Gasteiger partial charge in [-0.1, -0.05) is 37.9 Å². The van der Waals surface area contributed by atoms with Crippen molar-refractivity contribution in [3.05, 3.63) is 46.2 Å². The summed E-state index contributed by atoms with van der Waals surface area (Å²) in [6.07, 6.45) is 5.57. The van der Waals surface area contributed by atoms with Gasteiger partial charge in [-0.05, 0) is 50.5 Å². The maximum atomic E-state index is 12.4. The molecule has 1 aromatic carbocycles. The summed E-state index contributed by atoms with van der Waals surface area (Å²) in [7, 11) is -3.41. The van der Waals surface area contributed by atoms with Gasteiger partial charge in [-0.3, -0.25) is 14.2 Å². The lowest BCUT2D eigenvalue weighted by atomic mass is 10.1. The van der Waals surface area contributed by atoms with E-state index in [4.69, 9.17) is 11.6 Å². The van der Waals surface area contributed by atoms with Gasteiger partial charge in [0.25, 0.3) is 0 Å². The number of hydrogen-bond donors (Lipinski definition) is 2. The van der Waals surface area contributed by atoms with Crippen molar-refractivity contribution in [2.45, 2.75) is 53.5 Å². The summed E-state index contributed by atoms with van der Waals surface area (Å²) in [5.74, 6) is -0.305. The summed E-state index contributed by atoms with van der Waals surface area (Å²) in [6.45, 7) is 8.23. The summed E-state index contributed by atoms with van der Waals surface area (Å²) < 4.78 is 28.4. The molecule has 164 valence electrons. The Morgan fingerprint density at radius 1 is 1.20 bits per heavy atom. The minimum atomic E-state index is -3.41. The standard InChI is InChI=1S/C21H29ClN4O3S/c1-5-7-13-26-21(22)17(16(4)24-26)11-12-20(27)23-18-9-8-10-19(15(18)3)25-30(28,29)14-6-2/h8-12,25H,5-7,13-14H2,1-4H3,(H,23,27)/b12-11+. The number of nitrogens with zero attached hydrogens (tertiary/aromatic N) is 2. The number of sulfonamides is 1. The molecule has 2 N–H and O–H groups in total. The number of aryl methyl sites for hydroxylation is 2. The molecule has 1 heterocycles. The van der Waals surface area contributed by atoms with Crippen LogP contribution >= 0.6 is 11.6 Å². The molecule has 0 saturated heterocycles. The Morgan fingerprint density at radius 3 is 2.57 bits per heavy atom. The molecule has 2 aromatic rings. The second-order valence-corrected chi connectivity index (χ2v) is 9.29. The normalized spacial score (nSPS) is 11.8. The SMILES string of the molecule is CCCCn1nc(C)c(/C=C/C(=O)Nc2cccc(NS(=O)(=O)CCC)c2C)c1Cl. The molecule has 0 saturated carbocycles. The highest BCUT2D eigenvalue weighted by Gasteiger charge is 2.14. The highest BCUT2D eigenvalue weighted by Crippen LogP contribution is 2.25. The second-order valence-electron chi connectivity index (χ2n) is 7.09. The molecule has 0 bridgehead atoms. The molecule has 0 unspecified atom stereocenters. The fourth-order valence-corrected chi connectivity index (χ4v) is 4.43. The van der Waals surface area contributed by atoms with E-state index in [9.17, 15) is 13.2 Å². The first-order valence-electron chi connectivity index (χ1n) is 10.0. The predicted molar refractivity (Wildman–Crippen MR) is 123 cm³/mol. The average Bonchev–Trinajstić information content (AvgIpc) is 2.94. The summed E-state index contributed by atoms with van der Waals surface area (Å²) >= 11 is 6.39. The highest BCUT2D eigenvalue weighted by molar-refractivity contribution is 7.92. The fraction of sp³-hybridized carbons (Fsp3) is 0.429. The third-order valence-electron chi connectivity index (χ3n) is 4.56. The number of anilines is 2. The molecule has 0 aliphatic heterocycles. The Hall–Kier alpha value is -2.32. The zero-order valence-electron chi connectivity index (χ0n) is 17.8. The number of benzene rings is 1. The smallest absolute Gasteiger partial charge is 0.248 e. The van der Waals surface area contributed by atoms with Gasteiger partial charge in [0.15, 0.2) is 0 Å². The van der Waals surface area contributed by atoms with Gasteiger partial charge in [0, 0.05) is 23.9 Å². The van der Waals surface area contributed by atoms with E-state index in [-0.39, 0.29) is 11.7 Å². The second kappa shape index (κ2) is 10.6. The molecule has 0 atom stereocenters. The number of hydrogen-bond acceptors (Lipinski definition) is 4. The molecule has 0 radical (unpaired) electrons. The molecular weight excluding hydrogens is 424 g/mol. The maximum absolute atomic E-state index is 12.4. The minimum absolute atomic E-state index is 0.0395. The van der Waals surface area contributed by atoms with Gasteiger partial charge >= 0.3 is 0 Å². The minimum Gasteiger partial charge on any atom is -0.322 e. The number of aromatic nitrogens is 2. The number of carbonyl (C=O) groups is 1. The van der Waals surface area contributed by atoms with Crippen LogP contribution in [0.3, 0.4) is 0 Å². The van der Waals surface area contributed by atoms with Crippen molar-refractivity contribution in [1.82, 2.24) is 9.78 Å². The van der Waals surface area contributed by atoms with Crippen LogP contribution in [0.5, 0.6) is 0 Å². The van der Waals surface area contributed by atoms with Gasteiger partial charge < -0.3 is 5.32 Å². The van der Waals surface area contributed by atoms with E-state index in [1.807, 2.05) is 6.92 Å². The Balaban J connectivity index is 2.14. The Bertz CT molecular complexity index is 1030. The van der Waals surface area contributed by atoms with Crippen LogP contribution in [-0.2, 0) is 21.4 Å². The molecule has 1 aromatic heterocycles. The number of rotatable bonds is 10. The van der Waals surface area contributed by atoms with Crippen molar-refractivity contribution < 1.29 is 13.2 Å². The van der Waals surface area contributed by atoms with E-state index < -0.39 is 10.0 Å². The van der Waals surface area contributed by atoms with Crippen molar-refractivity contribution in [3.8, 4) is 0 Å². The largest absolute Gasteiger partial charge is 0.322 e. The van der Waals surface area contributed by atoms with Crippen molar-refractivity contribution in [2.24, 2.45) is 0 Å². The molecule has 0 aliphatic rings. The van der Waals surface area contributed by atoms with Crippen LogP contribution in [0.25, 0.3) is 6.08 Å². The fourth-order valence-electron chi connectivity index (χ4n) is 2.91. The summed E-state index contributed by atoms with van der Waals surface area (Å²) in [6, 6.07) is 5.08. The third-order valence-corrected chi connectivity index (χ3v) is 6.44. The van der Waals surface area contributed by atoms with Crippen molar-refractivity contribution >= 4 is 45.0 Å². The van der Waals surface area contributed by atoms with E-state index >= 15 is 0 Å². The van der Waals surface area contributed by atoms with Gasteiger partial charge in [0.2, 0.25) is 15.9 Å². The van der Waals surface area contributed by atoms with Crippen LogP contribution in [0.1, 0.15) is 49.9 Å². The Morgan fingerprint density at radius 2 is 1.90 bits per heavy atom. The quantitative estimate of drug-likeness (QED) is 0.508. The van der Waals surface area contributed by atoms with Gasteiger partial charge in [-0.15, -0.1) is 0 Å². The number of nitrogens with one attached hydrogen (secondary N) is 2. The van der Waals surface area contributed by atoms with Crippen LogP contribution < -0.4 is 10.0 Å². The van der Waals surface area contributed by atoms with Crippen LogP contribution in [-0.4, -0.2) is 29.9 Å². The number of halogens is 1. The lowest BCUT2D eigenvalue weighted by Crippen LogP contribution is -2.17. The summed E-state index contributed by atoms with van der Waals surface area (Å²) in [5.41, 5.74) is 3.08. The van der Waals surface area contributed by atoms with Gasteiger partial charge in [0.05, 0.1) is 17.1 Å². The maximum Gasteiger partial charge on any atom is 0.248 e. The third kappa shape index (κ3) is 6.34. The first-order chi connectivity index (χ1) is 14.2. The first kappa shape index (κ1) is 24.0. The molecular formula is C21H29ClN4O3S. The van der Waals surface area contributed by atoms with Crippen LogP contribution in [0.4, 0.5) is 11.4 Å². The summed E-state index contributed by atoms with van der Waals surface area (Å²) in [4.78, 5) is 12.4. The molecule has 0 aliphatic carbocycles. The molecule has 9 heteroatoms. The first-order valence-corrected chi connectivity index (χ1v) is 12.0. The number of amides is 1. The zero-order chi connectivity index (χ0) is 22.3. The van der Waals surface area contributed by atoms with E-state index in [0.717, 1.165) is 25.1 Å². The predicted octanol–water partition coefficient (Wildman–Crippen LogP) is 4.76. The highest BCUT2D eigenvalue weighted by atomic mass is 35.5. The van der Waals surface area contributed by atoms with E-state index in [0.29, 0.717) is 34.1 Å². The van der Waals surface area contributed by atoms with E-state index in [1.165, 1.54) is 6.08 Å². The van der Waals surface area contributed by atoms with Crippen LogP contribution in [0.15, 0.2) is 24.3 Å². The lowest BCUT2D eigenvalue weighted by molar-refractivity contribution is -0.111. The molecule has 30 heavy (non-hydrogen) atoms. The number of carbonyl (C=O) groups excluding carboxylic acids is 1. The van der Waals surface area contributed by atoms with Crippen LogP contribution in [0, 0.1) is 13.8 Å². The molecule has 0 spiro atoms. The molecule has 7 nitrogen and oxygen atoms in total. The zero-order valence-corrected chi connectivity index (χ0v) is 19.4. The Kier molecular flexibility index (Phi) is 8.49. The monoisotopic (exact) mass is 452 g/mol. The molecule has 0 fully saturated rings. The van der Waals surface area contributed by atoms with Gasteiger partial charge in [-0.25, -0.2) is 8.42 Å². The lowest BCUT2D eigenvalue weighted by Gasteiger charge is -2.13. The average molecular weight is 453 g/mol. The number of unbranched alkanes of at least 4 members (excludes halogenated alkanes) is 1. The Labute approximate surface area is 183 Å². The van der Waals surface area contributed by atoms with Gasteiger partial charge in [-0.2, -0.15) is 5.10 Å².